The zero-order chi connectivity index (χ0) is 21.7. The molecule has 0 amide bonds. The van der Waals surface area contributed by atoms with Crippen molar-refractivity contribution >= 4 is 29.9 Å². The summed E-state index contributed by atoms with van der Waals surface area (Å²) in [5, 5.41) is 6.80. The molecule has 2 N–H and O–H groups in total. The fourth-order valence-electron chi connectivity index (χ4n) is 4.05. The van der Waals surface area contributed by atoms with Crippen LogP contribution < -0.4 is 10.6 Å². The first-order chi connectivity index (χ1) is 15.3. The van der Waals surface area contributed by atoms with E-state index in [1.807, 2.05) is 0 Å². The number of likely N-dealkylation sites (N-methyl/N-ethyl adjacent to an activating group) is 1. The topological polar surface area (TPSA) is 61.4 Å². The van der Waals surface area contributed by atoms with Crippen LogP contribution in [0.3, 0.4) is 0 Å². The summed E-state index contributed by atoms with van der Waals surface area (Å²) in [6.45, 7) is 15.9. The lowest BCUT2D eigenvalue weighted by Crippen LogP contribution is -2.45. The van der Waals surface area contributed by atoms with Gasteiger partial charge in [0.05, 0.1) is 19.3 Å². The van der Waals surface area contributed by atoms with Crippen LogP contribution in [0.5, 0.6) is 0 Å². The Morgan fingerprint density at radius 1 is 1.09 bits per heavy atom. The van der Waals surface area contributed by atoms with Gasteiger partial charge >= 0.3 is 0 Å². The average Bonchev–Trinajstić information content (AvgIpc) is 3.32. The van der Waals surface area contributed by atoms with E-state index in [-0.39, 0.29) is 30.1 Å². The molecule has 1 atom stereocenters. The molecule has 1 aromatic carbocycles. The highest BCUT2D eigenvalue weighted by molar-refractivity contribution is 14.0. The summed E-state index contributed by atoms with van der Waals surface area (Å²) < 4.78 is 11.2. The zero-order valence-corrected chi connectivity index (χ0v) is 22.2. The fourth-order valence-corrected chi connectivity index (χ4v) is 4.05. The Balaban J connectivity index is 0.00000363. The second kappa shape index (κ2) is 15.8. The summed E-state index contributed by atoms with van der Waals surface area (Å²) in [6, 6.07) is 8.72. The number of nitrogens with zero attached hydrogens (tertiary/aromatic N) is 3. The van der Waals surface area contributed by atoms with Gasteiger partial charge in [0.25, 0.3) is 0 Å². The maximum atomic E-state index is 5.84. The lowest BCUT2D eigenvalue weighted by molar-refractivity contribution is 0.0420. The van der Waals surface area contributed by atoms with Crippen molar-refractivity contribution in [2.75, 3.05) is 65.6 Å². The first-order valence-electron chi connectivity index (χ1n) is 12.0. The standard InChI is InChI=1S/C24H41N5O2.HI/c1-3-25-24(26-11-7-16-31-23-10-17-30-20-23)27-18-21-8-5-6-9-22(21)19-29-14-12-28(4-2)13-15-29;/h5-6,8-9,23H,3-4,7,10-20H2,1-2H3,(H2,25,26,27);1H. The molecule has 0 radical (unpaired) electrons. The van der Waals surface area contributed by atoms with E-state index in [0.717, 1.165) is 77.9 Å². The third-order valence-electron chi connectivity index (χ3n) is 6.03. The van der Waals surface area contributed by atoms with Gasteiger partial charge in [0, 0.05) is 59.0 Å². The van der Waals surface area contributed by atoms with Crippen molar-refractivity contribution in [1.82, 2.24) is 20.4 Å². The molecule has 32 heavy (non-hydrogen) atoms. The Kier molecular flexibility index (Phi) is 13.5. The van der Waals surface area contributed by atoms with Gasteiger partial charge < -0.3 is 25.0 Å². The SMILES string of the molecule is CCNC(=NCc1ccccc1CN1CCN(CC)CC1)NCCCOC1CCOC1.I. The predicted octanol–water partition coefficient (Wildman–Crippen LogP) is 2.69. The van der Waals surface area contributed by atoms with Crippen LogP contribution >= 0.6 is 24.0 Å². The summed E-state index contributed by atoms with van der Waals surface area (Å²) in [6.07, 6.45) is 2.26. The molecule has 8 heteroatoms. The van der Waals surface area contributed by atoms with E-state index >= 15 is 0 Å². The van der Waals surface area contributed by atoms with Crippen LogP contribution in [0.25, 0.3) is 0 Å². The van der Waals surface area contributed by atoms with Crippen molar-refractivity contribution in [2.24, 2.45) is 4.99 Å². The summed E-state index contributed by atoms with van der Waals surface area (Å²) in [7, 11) is 0. The van der Waals surface area contributed by atoms with Crippen molar-refractivity contribution < 1.29 is 9.47 Å². The first-order valence-corrected chi connectivity index (χ1v) is 12.0. The molecule has 0 bridgehead atoms. The number of hydrogen-bond donors (Lipinski definition) is 2. The Hall–Kier alpha value is -0.940. The van der Waals surface area contributed by atoms with Gasteiger partial charge in [-0.3, -0.25) is 4.90 Å². The monoisotopic (exact) mass is 559 g/mol. The normalized spacial score (nSPS) is 20.2. The average molecular weight is 560 g/mol. The summed E-state index contributed by atoms with van der Waals surface area (Å²) in [4.78, 5) is 9.93. The Morgan fingerprint density at radius 3 is 2.53 bits per heavy atom. The number of rotatable bonds is 11. The van der Waals surface area contributed by atoms with Gasteiger partial charge in [-0.25, -0.2) is 4.99 Å². The maximum absolute atomic E-state index is 5.84. The molecular weight excluding hydrogens is 517 g/mol. The van der Waals surface area contributed by atoms with E-state index in [0.29, 0.717) is 6.54 Å². The van der Waals surface area contributed by atoms with Gasteiger partial charge in [0.15, 0.2) is 5.96 Å². The summed E-state index contributed by atoms with van der Waals surface area (Å²) in [5.74, 6) is 0.873. The number of guanidine groups is 1. The van der Waals surface area contributed by atoms with E-state index in [4.69, 9.17) is 14.5 Å². The van der Waals surface area contributed by atoms with E-state index in [1.165, 1.54) is 24.2 Å². The number of nitrogens with one attached hydrogen (secondary N) is 2. The van der Waals surface area contributed by atoms with Crippen LogP contribution in [-0.4, -0.2) is 87.5 Å². The van der Waals surface area contributed by atoms with E-state index < -0.39 is 0 Å². The molecule has 7 nitrogen and oxygen atoms in total. The van der Waals surface area contributed by atoms with Gasteiger partial charge in [-0.2, -0.15) is 0 Å². The van der Waals surface area contributed by atoms with Crippen LogP contribution in [0.2, 0.25) is 0 Å². The van der Waals surface area contributed by atoms with Gasteiger partial charge in [0.2, 0.25) is 0 Å². The number of benzene rings is 1. The number of ether oxygens (including phenoxy) is 2. The van der Waals surface area contributed by atoms with Crippen LogP contribution in [-0.2, 0) is 22.6 Å². The number of piperazine rings is 1. The minimum Gasteiger partial charge on any atom is -0.379 e. The summed E-state index contributed by atoms with van der Waals surface area (Å²) >= 11 is 0. The number of halogens is 1. The Morgan fingerprint density at radius 2 is 1.84 bits per heavy atom. The predicted molar refractivity (Wildman–Crippen MR) is 142 cm³/mol. The molecule has 3 rings (SSSR count). The van der Waals surface area contributed by atoms with E-state index in [2.05, 4.69) is 58.5 Å². The minimum atomic E-state index is 0. The summed E-state index contributed by atoms with van der Waals surface area (Å²) in [5.41, 5.74) is 2.70. The third kappa shape index (κ3) is 9.51. The molecule has 0 aliphatic carbocycles. The molecule has 2 fully saturated rings. The number of hydrogen-bond acceptors (Lipinski definition) is 5. The lowest BCUT2D eigenvalue weighted by Gasteiger charge is -2.34. The van der Waals surface area contributed by atoms with Crippen molar-refractivity contribution in [1.29, 1.82) is 0 Å². The second-order valence-electron chi connectivity index (χ2n) is 8.31. The van der Waals surface area contributed by atoms with Gasteiger partial charge in [-0.05, 0) is 37.4 Å². The molecule has 0 spiro atoms. The minimum absolute atomic E-state index is 0. The zero-order valence-electron chi connectivity index (χ0n) is 19.9. The van der Waals surface area contributed by atoms with Crippen LogP contribution in [0.15, 0.2) is 29.3 Å². The van der Waals surface area contributed by atoms with Crippen molar-refractivity contribution in [3.63, 3.8) is 0 Å². The largest absolute Gasteiger partial charge is 0.379 e. The molecule has 182 valence electrons. The molecule has 0 aromatic heterocycles. The molecular formula is C24H42IN5O2. The quantitative estimate of drug-likeness (QED) is 0.188. The van der Waals surface area contributed by atoms with Crippen LogP contribution in [0.1, 0.15) is 37.8 Å². The van der Waals surface area contributed by atoms with Gasteiger partial charge in [0.1, 0.15) is 0 Å². The smallest absolute Gasteiger partial charge is 0.191 e. The number of aliphatic imine (C=N–C) groups is 1. The first kappa shape index (κ1) is 27.3. The highest BCUT2D eigenvalue weighted by Crippen LogP contribution is 2.14. The van der Waals surface area contributed by atoms with Crippen molar-refractivity contribution in [3.05, 3.63) is 35.4 Å². The maximum Gasteiger partial charge on any atom is 0.191 e. The Bertz CT molecular complexity index is 662. The molecule has 2 aliphatic rings. The van der Waals surface area contributed by atoms with Crippen molar-refractivity contribution in [2.45, 2.75) is 45.9 Å². The third-order valence-corrected chi connectivity index (χ3v) is 6.03. The highest BCUT2D eigenvalue weighted by atomic mass is 127. The van der Waals surface area contributed by atoms with Gasteiger partial charge in [-0.15, -0.1) is 24.0 Å². The van der Waals surface area contributed by atoms with E-state index in [9.17, 15) is 0 Å². The molecule has 0 saturated carbocycles. The van der Waals surface area contributed by atoms with Crippen molar-refractivity contribution in [3.8, 4) is 0 Å². The van der Waals surface area contributed by atoms with Crippen LogP contribution in [0.4, 0.5) is 0 Å². The molecule has 2 aliphatic heterocycles. The fraction of sp³-hybridized carbons (Fsp3) is 0.708. The molecule has 1 unspecified atom stereocenters. The highest BCUT2D eigenvalue weighted by Gasteiger charge is 2.17. The second-order valence-corrected chi connectivity index (χ2v) is 8.31. The van der Waals surface area contributed by atoms with E-state index in [1.54, 1.807) is 0 Å². The Labute approximate surface area is 211 Å². The van der Waals surface area contributed by atoms with Gasteiger partial charge in [-0.1, -0.05) is 31.2 Å². The molecule has 1 aromatic rings. The van der Waals surface area contributed by atoms with Crippen LogP contribution in [0, 0.1) is 0 Å². The molecule has 2 heterocycles. The lowest BCUT2D eigenvalue weighted by atomic mass is 10.1. The molecule has 2 saturated heterocycles.